The largest absolute Gasteiger partial charge is 0.374 e. The van der Waals surface area contributed by atoms with E-state index in [1.54, 1.807) is 0 Å². The highest BCUT2D eigenvalue weighted by atomic mass is 16.5. The highest BCUT2D eigenvalue weighted by Crippen LogP contribution is 2.39. The summed E-state index contributed by atoms with van der Waals surface area (Å²) in [5.74, 6) is 0.571. The predicted octanol–water partition coefficient (Wildman–Crippen LogP) is 1.18. The zero-order valence-corrected chi connectivity index (χ0v) is 8.45. The van der Waals surface area contributed by atoms with Crippen LogP contribution in [0.2, 0.25) is 0 Å². The molecule has 3 saturated heterocycles. The fraction of sp³-hybridized carbons (Fsp3) is 0.909. The van der Waals surface area contributed by atoms with Crippen LogP contribution in [0.4, 0.5) is 0 Å². The summed E-state index contributed by atoms with van der Waals surface area (Å²) in [5, 5.41) is 0. The van der Waals surface area contributed by atoms with Crippen LogP contribution in [0.3, 0.4) is 0 Å². The van der Waals surface area contributed by atoms with Gasteiger partial charge in [-0.25, -0.2) is 0 Å². The number of likely N-dealkylation sites (tertiary alicyclic amines) is 1. The molecular formula is C11H17NO2. The topological polar surface area (TPSA) is 29.5 Å². The first-order valence-corrected chi connectivity index (χ1v) is 5.79. The molecule has 1 amide bonds. The average molecular weight is 195 g/mol. The van der Waals surface area contributed by atoms with E-state index in [1.807, 2.05) is 4.90 Å². The number of hydrogen-bond acceptors (Lipinski definition) is 2. The number of fused-ring (bicyclic) bond motifs is 2. The van der Waals surface area contributed by atoms with E-state index in [1.165, 1.54) is 19.3 Å². The van der Waals surface area contributed by atoms with Crippen molar-refractivity contribution in [2.75, 3.05) is 13.1 Å². The van der Waals surface area contributed by atoms with E-state index in [-0.39, 0.29) is 12.0 Å². The van der Waals surface area contributed by atoms with Crippen LogP contribution in [0.1, 0.15) is 32.1 Å². The van der Waals surface area contributed by atoms with E-state index in [9.17, 15) is 4.79 Å². The number of ether oxygens (including phenoxy) is 1. The molecule has 0 N–H and O–H groups in total. The van der Waals surface area contributed by atoms with E-state index in [0.29, 0.717) is 12.0 Å². The second-order valence-electron chi connectivity index (χ2n) is 4.75. The van der Waals surface area contributed by atoms with Crippen LogP contribution in [-0.4, -0.2) is 36.1 Å². The summed E-state index contributed by atoms with van der Waals surface area (Å²) in [6.45, 7) is 1.96. The molecule has 0 aromatic heterocycles. The zero-order valence-electron chi connectivity index (χ0n) is 8.45. The number of hydrogen-bond donors (Lipinski definition) is 0. The third-order valence-electron chi connectivity index (χ3n) is 3.84. The van der Waals surface area contributed by atoms with Gasteiger partial charge in [-0.15, -0.1) is 0 Å². The highest BCUT2D eigenvalue weighted by Gasteiger charge is 2.45. The fourth-order valence-electron chi connectivity index (χ4n) is 3.07. The van der Waals surface area contributed by atoms with Gasteiger partial charge >= 0.3 is 0 Å². The Kier molecular flexibility index (Phi) is 2.01. The highest BCUT2D eigenvalue weighted by molar-refractivity contribution is 5.80. The minimum atomic E-state index is 0.201. The third kappa shape index (κ3) is 1.26. The molecule has 78 valence electrons. The van der Waals surface area contributed by atoms with Gasteiger partial charge in [0.1, 0.15) is 0 Å². The normalized spacial score (nSPS) is 40.9. The average Bonchev–Trinajstić information content (AvgIpc) is 2.93. The van der Waals surface area contributed by atoms with Crippen LogP contribution in [0.15, 0.2) is 0 Å². The van der Waals surface area contributed by atoms with Crippen LogP contribution in [-0.2, 0) is 9.53 Å². The van der Waals surface area contributed by atoms with Gasteiger partial charge in [-0.3, -0.25) is 4.79 Å². The lowest BCUT2D eigenvalue weighted by Gasteiger charge is -2.23. The molecule has 3 aliphatic heterocycles. The van der Waals surface area contributed by atoms with Gasteiger partial charge in [0.05, 0.1) is 18.1 Å². The van der Waals surface area contributed by atoms with Gasteiger partial charge in [0.15, 0.2) is 0 Å². The lowest BCUT2D eigenvalue weighted by Crippen LogP contribution is -2.38. The fourth-order valence-corrected chi connectivity index (χ4v) is 3.07. The van der Waals surface area contributed by atoms with Crippen molar-refractivity contribution in [1.29, 1.82) is 0 Å². The van der Waals surface area contributed by atoms with Crippen molar-refractivity contribution in [3.63, 3.8) is 0 Å². The molecule has 2 bridgehead atoms. The molecule has 0 saturated carbocycles. The van der Waals surface area contributed by atoms with E-state index < -0.39 is 0 Å². The lowest BCUT2D eigenvalue weighted by molar-refractivity contribution is -0.136. The molecule has 0 aromatic carbocycles. The first-order chi connectivity index (χ1) is 6.84. The number of nitrogens with zero attached hydrogens (tertiary/aromatic N) is 1. The van der Waals surface area contributed by atoms with Gasteiger partial charge in [0.25, 0.3) is 0 Å². The van der Waals surface area contributed by atoms with Gasteiger partial charge in [0, 0.05) is 13.1 Å². The SMILES string of the molecule is O=C(C1CC2CCC1O2)N1CCCC1. The Labute approximate surface area is 84.4 Å². The van der Waals surface area contributed by atoms with Gasteiger partial charge in [0.2, 0.25) is 5.91 Å². The Morgan fingerprint density at radius 3 is 2.57 bits per heavy atom. The van der Waals surface area contributed by atoms with Gasteiger partial charge in [-0.05, 0) is 32.1 Å². The maximum atomic E-state index is 12.1. The molecule has 0 aliphatic carbocycles. The number of carbonyl (C=O) groups excluding carboxylic acids is 1. The summed E-state index contributed by atoms with van der Waals surface area (Å²) < 4.78 is 5.72. The van der Waals surface area contributed by atoms with Crippen molar-refractivity contribution < 1.29 is 9.53 Å². The van der Waals surface area contributed by atoms with Crippen molar-refractivity contribution >= 4 is 5.91 Å². The van der Waals surface area contributed by atoms with E-state index in [4.69, 9.17) is 4.74 Å². The summed E-state index contributed by atoms with van der Waals surface area (Å²) in [4.78, 5) is 14.1. The molecule has 3 heteroatoms. The molecule has 3 fully saturated rings. The molecule has 0 spiro atoms. The van der Waals surface area contributed by atoms with E-state index in [0.717, 1.165) is 25.9 Å². The van der Waals surface area contributed by atoms with Crippen molar-refractivity contribution in [2.45, 2.75) is 44.3 Å². The maximum Gasteiger partial charge on any atom is 0.228 e. The zero-order chi connectivity index (χ0) is 9.54. The quantitative estimate of drug-likeness (QED) is 0.628. The molecule has 3 heterocycles. The third-order valence-corrected chi connectivity index (χ3v) is 3.84. The van der Waals surface area contributed by atoms with Crippen molar-refractivity contribution in [3.05, 3.63) is 0 Å². The first kappa shape index (κ1) is 8.72. The Bertz CT molecular complexity index is 248. The van der Waals surface area contributed by atoms with Gasteiger partial charge < -0.3 is 9.64 Å². The van der Waals surface area contributed by atoms with Gasteiger partial charge in [-0.2, -0.15) is 0 Å². The minimum Gasteiger partial charge on any atom is -0.374 e. The van der Waals surface area contributed by atoms with Crippen LogP contribution in [0.25, 0.3) is 0 Å². The number of carbonyl (C=O) groups is 1. The van der Waals surface area contributed by atoms with Crippen LogP contribution < -0.4 is 0 Å². The molecular weight excluding hydrogens is 178 g/mol. The smallest absolute Gasteiger partial charge is 0.228 e. The predicted molar refractivity (Wildman–Crippen MR) is 51.8 cm³/mol. The standard InChI is InChI=1S/C11H17NO2/c13-11(12-5-1-2-6-12)9-7-8-3-4-10(9)14-8/h8-10H,1-7H2. The number of amides is 1. The lowest BCUT2D eigenvalue weighted by atomic mass is 9.88. The Morgan fingerprint density at radius 2 is 2.00 bits per heavy atom. The summed E-state index contributed by atoms with van der Waals surface area (Å²) >= 11 is 0. The molecule has 3 aliphatic rings. The second-order valence-corrected chi connectivity index (χ2v) is 4.75. The Balaban J connectivity index is 1.67. The molecule has 3 unspecified atom stereocenters. The molecule has 0 aromatic rings. The Hall–Kier alpha value is -0.570. The van der Waals surface area contributed by atoms with Crippen LogP contribution in [0, 0.1) is 5.92 Å². The van der Waals surface area contributed by atoms with Crippen molar-refractivity contribution in [2.24, 2.45) is 5.92 Å². The van der Waals surface area contributed by atoms with Crippen molar-refractivity contribution in [1.82, 2.24) is 4.90 Å². The molecule has 3 atom stereocenters. The maximum absolute atomic E-state index is 12.1. The van der Waals surface area contributed by atoms with Crippen molar-refractivity contribution in [3.8, 4) is 0 Å². The monoisotopic (exact) mass is 195 g/mol. The summed E-state index contributed by atoms with van der Waals surface area (Å²) in [7, 11) is 0. The number of rotatable bonds is 1. The molecule has 0 radical (unpaired) electrons. The van der Waals surface area contributed by atoms with E-state index in [2.05, 4.69) is 0 Å². The summed E-state index contributed by atoms with van der Waals surface area (Å²) in [5.41, 5.74) is 0. The molecule has 14 heavy (non-hydrogen) atoms. The van der Waals surface area contributed by atoms with Crippen LogP contribution >= 0.6 is 0 Å². The Morgan fingerprint density at radius 1 is 1.21 bits per heavy atom. The molecule has 3 rings (SSSR count). The summed E-state index contributed by atoms with van der Waals surface area (Å²) in [6, 6.07) is 0. The minimum absolute atomic E-state index is 0.201. The van der Waals surface area contributed by atoms with E-state index >= 15 is 0 Å². The van der Waals surface area contributed by atoms with Crippen LogP contribution in [0.5, 0.6) is 0 Å². The first-order valence-electron chi connectivity index (χ1n) is 5.79. The summed E-state index contributed by atoms with van der Waals surface area (Å²) in [6.07, 6.45) is 6.30. The second kappa shape index (κ2) is 3.23. The molecule has 3 nitrogen and oxygen atoms in total. The van der Waals surface area contributed by atoms with Gasteiger partial charge in [-0.1, -0.05) is 0 Å².